The molecule has 6 atom stereocenters. The van der Waals surface area contributed by atoms with Crippen LogP contribution in [0.1, 0.15) is 71.2 Å². The number of aromatic hydroxyl groups is 1. The topological polar surface area (TPSA) is 148 Å². The van der Waals surface area contributed by atoms with Crippen molar-refractivity contribution in [2.24, 2.45) is 23.7 Å². The number of Topliss-reactive ketones (excluding diaryl/α,β-unsaturated/α-hetero) is 1. The van der Waals surface area contributed by atoms with Gasteiger partial charge in [0.15, 0.2) is 11.8 Å². The van der Waals surface area contributed by atoms with E-state index in [1.54, 1.807) is 20.8 Å². The number of nitrogens with one attached hydrogen (secondary N) is 2. The van der Waals surface area contributed by atoms with E-state index in [9.17, 15) is 29.1 Å². The van der Waals surface area contributed by atoms with Crippen LogP contribution in [-0.2, 0) is 28.7 Å². The van der Waals surface area contributed by atoms with Crippen molar-refractivity contribution in [3.8, 4) is 5.75 Å². The summed E-state index contributed by atoms with van der Waals surface area (Å²) in [6.45, 7) is 10.7. The van der Waals surface area contributed by atoms with E-state index in [4.69, 9.17) is 9.47 Å². The molecular formula is C27H38N2O8. The zero-order valence-corrected chi connectivity index (χ0v) is 22.3. The third kappa shape index (κ3) is 7.53. The van der Waals surface area contributed by atoms with Gasteiger partial charge >= 0.3 is 11.9 Å². The SMILES string of the molecule is CC[C@@H](C)C[C@H]1C(=O)O[C@H](C)[C@H](NC(=O)c2cccc(NC=O)c2O)C(=O)O[C@@H](C)[C@@H]1CC(=O)C(C)C. The van der Waals surface area contributed by atoms with Crippen LogP contribution in [0, 0.1) is 23.7 Å². The highest BCUT2D eigenvalue weighted by atomic mass is 16.6. The molecule has 10 nitrogen and oxygen atoms in total. The van der Waals surface area contributed by atoms with Crippen molar-refractivity contribution >= 4 is 35.7 Å². The number of hydrogen-bond donors (Lipinski definition) is 3. The van der Waals surface area contributed by atoms with Crippen molar-refractivity contribution in [2.45, 2.75) is 79.1 Å². The molecule has 10 heteroatoms. The fraction of sp³-hybridized carbons (Fsp3) is 0.593. The number of phenols is 1. The van der Waals surface area contributed by atoms with Crippen LogP contribution in [0.5, 0.6) is 5.75 Å². The van der Waals surface area contributed by atoms with Crippen molar-refractivity contribution in [1.29, 1.82) is 0 Å². The third-order valence-electron chi connectivity index (χ3n) is 6.97. The summed E-state index contributed by atoms with van der Waals surface area (Å²) in [4.78, 5) is 63.0. The Balaban J connectivity index is 2.39. The fourth-order valence-corrected chi connectivity index (χ4v) is 4.33. The van der Waals surface area contributed by atoms with Gasteiger partial charge in [0.1, 0.15) is 18.0 Å². The molecule has 0 aromatic heterocycles. The van der Waals surface area contributed by atoms with Crippen LogP contribution in [-0.4, -0.2) is 53.4 Å². The second-order valence-electron chi connectivity index (χ2n) is 10.0. The first-order chi connectivity index (χ1) is 17.4. The first-order valence-electron chi connectivity index (χ1n) is 12.7. The Bertz CT molecular complexity index is 1010. The van der Waals surface area contributed by atoms with Gasteiger partial charge in [-0.25, -0.2) is 4.79 Å². The summed E-state index contributed by atoms with van der Waals surface area (Å²) in [5.41, 5.74) is -0.181. The lowest BCUT2D eigenvalue weighted by Crippen LogP contribution is -2.50. The summed E-state index contributed by atoms with van der Waals surface area (Å²) >= 11 is 0. The van der Waals surface area contributed by atoms with Gasteiger partial charge in [0.05, 0.1) is 17.2 Å². The highest BCUT2D eigenvalue weighted by molar-refractivity contribution is 6.01. The lowest BCUT2D eigenvalue weighted by atomic mass is 9.77. The molecular weight excluding hydrogens is 480 g/mol. The molecule has 1 aliphatic rings. The number of para-hydroxylation sites is 1. The molecule has 1 saturated heterocycles. The van der Waals surface area contributed by atoms with Gasteiger partial charge in [0.25, 0.3) is 5.91 Å². The Morgan fingerprint density at radius 2 is 1.73 bits per heavy atom. The highest BCUT2D eigenvalue weighted by Gasteiger charge is 2.43. The van der Waals surface area contributed by atoms with E-state index in [0.29, 0.717) is 12.8 Å². The van der Waals surface area contributed by atoms with Crippen LogP contribution < -0.4 is 10.6 Å². The van der Waals surface area contributed by atoms with Crippen molar-refractivity contribution in [3.05, 3.63) is 23.8 Å². The molecule has 0 bridgehead atoms. The second-order valence-corrected chi connectivity index (χ2v) is 10.0. The van der Waals surface area contributed by atoms with Gasteiger partial charge in [0, 0.05) is 18.3 Å². The molecule has 204 valence electrons. The molecule has 0 spiro atoms. The van der Waals surface area contributed by atoms with Gasteiger partial charge in [-0.3, -0.25) is 19.2 Å². The Kier molecular flexibility index (Phi) is 10.6. The zero-order chi connectivity index (χ0) is 27.9. The summed E-state index contributed by atoms with van der Waals surface area (Å²) in [7, 11) is 0. The van der Waals surface area contributed by atoms with Gasteiger partial charge in [-0.15, -0.1) is 0 Å². The van der Waals surface area contributed by atoms with E-state index in [-0.39, 0.29) is 35.3 Å². The number of anilines is 1. The number of ketones is 1. The molecule has 1 heterocycles. The van der Waals surface area contributed by atoms with Gasteiger partial charge in [-0.2, -0.15) is 0 Å². The van der Waals surface area contributed by atoms with Crippen molar-refractivity contribution in [1.82, 2.24) is 5.32 Å². The van der Waals surface area contributed by atoms with Crippen LogP contribution in [0.25, 0.3) is 0 Å². The molecule has 1 aliphatic heterocycles. The molecule has 0 saturated carbocycles. The van der Waals surface area contributed by atoms with E-state index in [1.807, 2.05) is 13.8 Å². The summed E-state index contributed by atoms with van der Waals surface area (Å²) < 4.78 is 11.4. The molecule has 3 N–H and O–H groups in total. The van der Waals surface area contributed by atoms with Crippen LogP contribution in [0.4, 0.5) is 5.69 Å². The molecule has 2 amide bonds. The van der Waals surface area contributed by atoms with Crippen LogP contribution in [0.2, 0.25) is 0 Å². The number of esters is 2. The minimum atomic E-state index is -1.37. The maximum absolute atomic E-state index is 13.4. The number of ether oxygens (including phenoxy) is 2. The average molecular weight is 519 g/mol. The summed E-state index contributed by atoms with van der Waals surface area (Å²) in [6.07, 6.45) is -0.201. The van der Waals surface area contributed by atoms with Gasteiger partial charge < -0.3 is 25.2 Å². The molecule has 1 aromatic carbocycles. The number of phenolic OH excluding ortho intramolecular Hbond substituents is 1. The summed E-state index contributed by atoms with van der Waals surface area (Å²) in [6, 6.07) is 2.79. The first kappa shape index (κ1) is 29.8. The highest BCUT2D eigenvalue weighted by Crippen LogP contribution is 2.33. The number of benzene rings is 1. The molecule has 0 aliphatic carbocycles. The van der Waals surface area contributed by atoms with E-state index in [1.165, 1.54) is 25.1 Å². The van der Waals surface area contributed by atoms with Gasteiger partial charge in [-0.1, -0.05) is 40.2 Å². The standard InChI is InChI=1S/C27H38N2O8/c1-7-15(4)11-20-19(12-22(31)14(2)3)16(5)36-27(35)23(17(6)37-26(20)34)29-25(33)18-9-8-10-21(24(18)32)28-13-30/h8-10,13-17,19-20,23,32H,7,11-12H2,1-6H3,(H,28,30)(H,29,33)/t15-,16+,17-,19+,20-,23+/m1/s1. The lowest BCUT2D eigenvalue weighted by Gasteiger charge is -2.30. The smallest absolute Gasteiger partial charge is 0.332 e. The molecule has 37 heavy (non-hydrogen) atoms. The third-order valence-corrected chi connectivity index (χ3v) is 6.97. The first-order valence-corrected chi connectivity index (χ1v) is 12.7. The zero-order valence-electron chi connectivity index (χ0n) is 22.3. The average Bonchev–Trinajstić information content (AvgIpc) is 2.86. The van der Waals surface area contributed by atoms with Crippen LogP contribution in [0.15, 0.2) is 18.2 Å². The molecule has 2 rings (SSSR count). The van der Waals surface area contributed by atoms with Crippen molar-refractivity contribution in [2.75, 3.05) is 5.32 Å². The summed E-state index contributed by atoms with van der Waals surface area (Å²) in [5, 5.41) is 15.1. The maximum Gasteiger partial charge on any atom is 0.332 e. The van der Waals surface area contributed by atoms with E-state index >= 15 is 0 Å². The summed E-state index contributed by atoms with van der Waals surface area (Å²) in [5.74, 6) is -4.09. The Morgan fingerprint density at radius 1 is 1.08 bits per heavy atom. The number of carbonyl (C=O) groups is 5. The lowest BCUT2D eigenvalue weighted by molar-refractivity contribution is -0.157. The molecule has 1 aromatic rings. The van der Waals surface area contributed by atoms with Crippen LogP contribution in [0.3, 0.4) is 0 Å². The van der Waals surface area contributed by atoms with E-state index in [2.05, 4.69) is 10.6 Å². The number of cyclic esters (lactones) is 2. The van der Waals surface area contributed by atoms with Crippen molar-refractivity contribution in [3.63, 3.8) is 0 Å². The maximum atomic E-state index is 13.4. The molecule has 0 unspecified atom stereocenters. The second kappa shape index (κ2) is 13.2. The van der Waals surface area contributed by atoms with Gasteiger partial charge in [-0.05, 0) is 38.3 Å². The predicted octanol–water partition coefficient (Wildman–Crippen LogP) is 3.22. The number of hydrogen-bond acceptors (Lipinski definition) is 8. The van der Waals surface area contributed by atoms with E-state index < -0.39 is 53.7 Å². The predicted molar refractivity (Wildman–Crippen MR) is 136 cm³/mol. The fourth-order valence-electron chi connectivity index (χ4n) is 4.33. The Labute approximate surface area is 217 Å². The van der Waals surface area contributed by atoms with Crippen molar-refractivity contribution < 1.29 is 38.6 Å². The minimum Gasteiger partial charge on any atom is -0.505 e. The number of rotatable bonds is 10. The largest absolute Gasteiger partial charge is 0.505 e. The Morgan fingerprint density at radius 3 is 2.32 bits per heavy atom. The van der Waals surface area contributed by atoms with E-state index in [0.717, 1.165) is 6.42 Å². The minimum absolute atomic E-state index is 0.0124. The normalized spacial score (nSPS) is 25.1. The molecule has 0 radical (unpaired) electrons. The quantitative estimate of drug-likeness (QED) is 0.243. The van der Waals surface area contributed by atoms with Crippen LogP contribution >= 0.6 is 0 Å². The number of carbonyl (C=O) groups excluding carboxylic acids is 5. The Hall–Kier alpha value is -3.43. The van der Waals surface area contributed by atoms with Gasteiger partial charge in [0.2, 0.25) is 6.41 Å². The number of amides is 2. The monoisotopic (exact) mass is 518 g/mol. The molecule has 1 fully saturated rings.